The van der Waals surface area contributed by atoms with Crippen molar-refractivity contribution in [2.24, 2.45) is 5.92 Å². The number of piperidine rings is 1. The van der Waals surface area contributed by atoms with Crippen molar-refractivity contribution in [2.75, 3.05) is 19.8 Å². The third-order valence-electron chi connectivity index (χ3n) is 3.75. The minimum absolute atomic E-state index is 0.0116. The van der Waals surface area contributed by atoms with Gasteiger partial charge in [-0.15, -0.1) is 0 Å². The zero-order chi connectivity index (χ0) is 11.4. The zero-order valence-corrected chi connectivity index (χ0v) is 9.68. The van der Waals surface area contributed by atoms with Crippen LogP contribution in [0.25, 0.3) is 0 Å². The second kappa shape index (κ2) is 5.41. The maximum Gasteiger partial charge on any atom is 0.252 e. The van der Waals surface area contributed by atoms with E-state index in [0.29, 0.717) is 26.1 Å². The Bertz CT molecular complexity index is 211. The molecule has 0 radical (unpaired) electrons. The van der Waals surface area contributed by atoms with Crippen molar-refractivity contribution in [1.29, 1.82) is 0 Å². The summed E-state index contributed by atoms with van der Waals surface area (Å²) in [6.07, 6.45) is 4.15. The lowest BCUT2D eigenvalue weighted by atomic mass is 9.87. The van der Waals surface area contributed by atoms with E-state index < -0.39 is 11.8 Å². The summed E-state index contributed by atoms with van der Waals surface area (Å²) in [7, 11) is 0. The Morgan fingerprint density at radius 3 is 2.50 bits per heavy atom. The van der Waals surface area contributed by atoms with E-state index in [-0.39, 0.29) is 12.5 Å². The number of alkyl halides is 2. The molecule has 0 bridgehead atoms. The molecule has 0 aromatic heterocycles. The Hall–Kier alpha value is -0.220. The Labute approximate surface area is 95.7 Å². The largest absolute Gasteiger partial charge is 0.381 e. The first-order valence-corrected chi connectivity index (χ1v) is 6.37. The predicted molar refractivity (Wildman–Crippen MR) is 58.7 cm³/mol. The Morgan fingerprint density at radius 1 is 1.12 bits per heavy atom. The van der Waals surface area contributed by atoms with Gasteiger partial charge in [0.25, 0.3) is 5.92 Å². The summed E-state index contributed by atoms with van der Waals surface area (Å²) in [5, 5.41) is 3.20. The minimum atomic E-state index is -2.52. The van der Waals surface area contributed by atoms with Gasteiger partial charge >= 0.3 is 0 Å². The average molecular weight is 233 g/mol. The van der Waals surface area contributed by atoms with Crippen LogP contribution in [0.5, 0.6) is 0 Å². The first kappa shape index (κ1) is 12.2. The van der Waals surface area contributed by atoms with Crippen molar-refractivity contribution in [3.8, 4) is 0 Å². The number of hydrogen-bond donors (Lipinski definition) is 1. The highest BCUT2D eigenvalue weighted by atomic mass is 19.3. The number of ether oxygens (including phenoxy) is 1. The Kier molecular flexibility index (Phi) is 4.14. The SMILES string of the molecule is FC(F)(CC1CCCCN1)C1CCOCC1. The maximum atomic E-state index is 14.0. The van der Waals surface area contributed by atoms with Crippen molar-refractivity contribution in [1.82, 2.24) is 5.32 Å². The van der Waals surface area contributed by atoms with E-state index in [9.17, 15) is 8.78 Å². The van der Waals surface area contributed by atoms with Gasteiger partial charge in [-0.25, -0.2) is 8.78 Å². The van der Waals surface area contributed by atoms with E-state index in [4.69, 9.17) is 4.74 Å². The maximum absolute atomic E-state index is 14.0. The fourth-order valence-corrected chi connectivity index (χ4v) is 2.71. The number of halogens is 2. The zero-order valence-electron chi connectivity index (χ0n) is 9.68. The molecular weight excluding hydrogens is 212 g/mol. The van der Waals surface area contributed by atoms with Crippen LogP contribution in [0.15, 0.2) is 0 Å². The molecule has 0 saturated carbocycles. The van der Waals surface area contributed by atoms with Crippen LogP contribution < -0.4 is 5.32 Å². The van der Waals surface area contributed by atoms with Gasteiger partial charge in [-0.3, -0.25) is 0 Å². The molecule has 2 aliphatic rings. The molecule has 0 aliphatic carbocycles. The number of nitrogens with one attached hydrogen (secondary N) is 1. The second-order valence-corrected chi connectivity index (χ2v) is 5.00. The fourth-order valence-electron chi connectivity index (χ4n) is 2.71. The molecule has 2 nitrogen and oxygen atoms in total. The molecule has 0 amide bonds. The van der Waals surface area contributed by atoms with Gasteiger partial charge in [0, 0.05) is 31.6 Å². The standard InChI is InChI=1S/C12H21F2NO/c13-12(14,10-4-7-16-8-5-10)9-11-3-1-2-6-15-11/h10-11,15H,1-9H2. The van der Waals surface area contributed by atoms with E-state index in [1.165, 1.54) is 0 Å². The van der Waals surface area contributed by atoms with Crippen LogP contribution in [0.1, 0.15) is 38.5 Å². The van der Waals surface area contributed by atoms with Gasteiger partial charge in [0.15, 0.2) is 0 Å². The highest BCUT2D eigenvalue weighted by Crippen LogP contribution is 2.37. The third-order valence-corrected chi connectivity index (χ3v) is 3.75. The van der Waals surface area contributed by atoms with Crippen LogP contribution in [0.4, 0.5) is 8.78 Å². The van der Waals surface area contributed by atoms with Crippen LogP contribution in [0.2, 0.25) is 0 Å². The number of rotatable bonds is 3. The van der Waals surface area contributed by atoms with Crippen molar-refractivity contribution in [3.63, 3.8) is 0 Å². The van der Waals surface area contributed by atoms with E-state index >= 15 is 0 Å². The summed E-state index contributed by atoms with van der Waals surface area (Å²) in [6, 6.07) is 0.0200. The average Bonchev–Trinajstić information content (AvgIpc) is 2.31. The third kappa shape index (κ3) is 3.14. The van der Waals surface area contributed by atoms with Gasteiger partial charge in [-0.2, -0.15) is 0 Å². The van der Waals surface area contributed by atoms with Gasteiger partial charge in [0.1, 0.15) is 0 Å². The minimum Gasteiger partial charge on any atom is -0.381 e. The van der Waals surface area contributed by atoms with Gasteiger partial charge in [-0.1, -0.05) is 6.42 Å². The lowest BCUT2D eigenvalue weighted by molar-refractivity contribution is -0.107. The predicted octanol–water partition coefficient (Wildman–Crippen LogP) is 2.58. The summed E-state index contributed by atoms with van der Waals surface area (Å²) >= 11 is 0. The second-order valence-electron chi connectivity index (χ2n) is 5.00. The molecule has 1 N–H and O–H groups in total. The van der Waals surface area contributed by atoms with E-state index in [2.05, 4.69) is 5.32 Å². The molecule has 0 aromatic rings. The van der Waals surface area contributed by atoms with Gasteiger partial charge in [0.2, 0.25) is 0 Å². The summed E-state index contributed by atoms with van der Waals surface area (Å²) in [6.45, 7) is 1.89. The summed E-state index contributed by atoms with van der Waals surface area (Å²) < 4.78 is 33.1. The molecule has 2 fully saturated rings. The molecule has 2 heterocycles. The summed E-state index contributed by atoms with van der Waals surface area (Å²) in [4.78, 5) is 0. The molecule has 0 spiro atoms. The molecule has 2 saturated heterocycles. The lowest BCUT2D eigenvalue weighted by Crippen LogP contribution is -2.42. The monoisotopic (exact) mass is 233 g/mol. The molecule has 4 heteroatoms. The van der Waals surface area contributed by atoms with Crippen molar-refractivity contribution < 1.29 is 13.5 Å². The Balaban J connectivity index is 1.84. The normalized spacial score (nSPS) is 29.2. The first-order chi connectivity index (χ1) is 7.68. The smallest absolute Gasteiger partial charge is 0.252 e. The lowest BCUT2D eigenvalue weighted by Gasteiger charge is -2.34. The van der Waals surface area contributed by atoms with Crippen molar-refractivity contribution in [3.05, 3.63) is 0 Å². The summed E-state index contributed by atoms with van der Waals surface area (Å²) in [5.41, 5.74) is 0. The van der Waals surface area contributed by atoms with Crippen molar-refractivity contribution in [2.45, 2.75) is 50.5 Å². The topological polar surface area (TPSA) is 21.3 Å². The number of hydrogen-bond acceptors (Lipinski definition) is 2. The molecule has 1 unspecified atom stereocenters. The van der Waals surface area contributed by atoms with Gasteiger partial charge in [-0.05, 0) is 32.2 Å². The molecule has 16 heavy (non-hydrogen) atoms. The summed E-state index contributed by atoms with van der Waals surface area (Å²) in [5.74, 6) is -2.98. The van der Waals surface area contributed by atoms with Crippen LogP contribution in [0, 0.1) is 5.92 Å². The van der Waals surface area contributed by atoms with E-state index in [0.717, 1.165) is 25.8 Å². The molecule has 1 atom stereocenters. The molecule has 2 rings (SSSR count). The van der Waals surface area contributed by atoms with Gasteiger partial charge in [0.05, 0.1) is 0 Å². The molecule has 94 valence electrons. The van der Waals surface area contributed by atoms with Crippen LogP contribution >= 0.6 is 0 Å². The molecular formula is C12H21F2NO. The highest BCUT2D eigenvalue weighted by Gasteiger charge is 2.41. The van der Waals surface area contributed by atoms with Gasteiger partial charge < -0.3 is 10.1 Å². The molecule has 0 aromatic carbocycles. The van der Waals surface area contributed by atoms with E-state index in [1.54, 1.807) is 0 Å². The highest BCUT2D eigenvalue weighted by molar-refractivity contribution is 4.85. The van der Waals surface area contributed by atoms with E-state index in [1.807, 2.05) is 0 Å². The molecule has 2 aliphatic heterocycles. The fraction of sp³-hybridized carbons (Fsp3) is 1.00. The quantitative estimate of drug-likeness (QED) is 0.809. The van der Waals surface area contributed by atoms with Crippen LogP contribution in [-0.4, -0.2) is 31.7 Å². The first-order valence-electron chi connectivity index (χ1n) is 6.37. The van der Waals surface area contributed by atoms with Crippen LogP contribution in [-0.2, 0) is 4.74 Å². The van der Waals surface area contributed by atoms with Crippen molar-refractivity contribution >= 4 is 0 Å². The Morgan fingerprint density at radius 2 is 1.88 bits per heavy atom. The van der Waals surface area contributed by atoms with Crippen LogP contribution in [0.3, 0.4) is 0 Å².